The number of amides is 1. The first-order valence-electron chi connectivity index (χ1n) is 12.7. The maximum atomic E-state index is 11.9. The number of carboxylic acids is 1. The van der Waals surface area contributed by atoms with Crippen molar-refractivity contribution in [2.75, 3.05) is 17.3 Å². The van der Waals surface area contributed by atoms with Gasteiger partial charge in [-0.1, -0.05) is 12.1 Å². The number of pyridine rings is 1. The van der Waals surface area contributed by atoms with Crippen molar-refractivity contribution in [3.63, 3.8) is 0 Å². The lowest BCUT2D eigenvalue weighted by molar-refractivity contribution is -0.114. The van der Waals surface area contributed by atoms with Crippen molar-refractivity contribution in [3.8, 4) is 11.4 Å². The van der Waals surface area contributed by atoms with Gasteiger partial charge in [-0.2, -0.15) is 0 Å². The molecule has 10 heteroatoms. The van der Waals surface area contributed by atoms with E-state index in [2.05, 4.69) is 21.7 Å². The molecule has 0 radical (unpaired) electrons. The molecule has 1 amide bonds. The lowest BCUT2D eigenvalue weighted by atomic mass is 9.96. The lowest BCUT2D eigenvalue weighted by Crippen LogP contribution is -2.29. The number of methoxy groups -OCH3 is 1. The van der Waals surface area contributed by atoms with Crippen molar-refractivity contribution in [1.29, 1.82) is 0 Å². The fourth-order valence-electron chi connectivity index (χ4n) is 5.34. The predicted molar refractivity (Wildman–Crippen MR) is 157 cm³/mol. The van der Waals surface area contributed by atoms with Crippen LogP contribution in [0.1, 0.15) is 52.0 Å². The van der Waals surface area contributed by atoms with E-state index in [4.69, 9.17) is 17.0 Å². The van der Waals surface area contributed by atoms with Crippen molar-refractivity contribution in [2.45, 2.75) is 32.9 Å². The molecule has 1 aliphatic rings. The fraction of sp³-hybridized carbons (Fsp3) is 0.200. The molecule has 2 atom stereocenters. The minimum Gasteiger partial charge on any atom is -0.495 e. The highest BCUT2D eigenvalue weighted by molar-refractivity contribution is 7.80. The molecule has 1 aliphatic heterocycles. The first-order chi connectivity index (χ1) is 19.2. The molecule has 9 nitrogen and oxygen atoms in total. The van der Waals surface area contributed by atoms with Crippen LogP contribution in [0.5, 0.6) is 5.75 Å². The largest absolute Gasteiger partial charge is 0.495 e. The van der Waals surface area contributed by atoms with Crippen molar-refractivity contribution < 1.29 is 19.4 Å². The zero-order valence-electron chi connectivity index (χ0n) is 22.5. The van der Waals surface area contributed by atoms with Gasteiger partial charge in [0.1, 0.15) is 5.75 Å². The summed E-state index contributed by atoms with van der Waals surface area (Å²) in [5.41, 5.74) is 5.98. The van der Waals surface area contributed by atoms with E-state index in [9.17, 15) is 14.7 Å². The standard InChI is InChI=1S/C30H29N5O4S/c1-17-14-23(18(2)34(17)21-9-7-8-20(15-21)29(37)38)28-27(24-10-5-6-13-31-24)33-30(40)35(28)22-11-12-26(39-4)25(16-22)32-19(3)36/h5-16,27-28H,1-4H3,(H,32,36)(H,33,40)(H,37,38)/t27-,28+/m1/s1. The quantitative estimate of drug-likeness (QED) is 0.263. The number of thiocarbonyl (C=S) groups is 1. The van der Waals surface area contributed by atoms with Gasteiger partial charge in [0.05, 0.1) is 36.1 Å². The number of hydrogen-bond acceptors (Lipinski definition) is 5. The van der Waals surface area contributed by atoms with Gasteiger partial charge >= 0.3 is 5.97 Å². The highest BCUT2D eigenvalue weighted by Gasteiger charge is 2.42. The van der Waals surface area contributed by atoms with Gasteiger partial charge < -0.3 is 29.9 Å². The van der Waals surface area contributed by atoms with Crippen LogP contribution in [-0.2, 0) is 4.79 Å². The number of carbonyl (C=O) groups excluding carboxylic acids is 1. The van der Waals surface area contributed by atoms with Crippen LogP contribution in [-0.4, -0.2) is 38.8 Å². The van der Waals surface area contributed by atoms with Crippen molar-refractivity contribution >= 4 is 40.6 Å². The monoisotopic (exact) mass is 555 g/mol. The molecule has 3 N–H and O–H groups in total. The Balaban J connectivity index is 1.68. The summed E-state index contributed by atoms with van der Waals surface area (Å²) in [6.07, 6.45) is 1.75. The van der Waals surface area contributed by atoms with E-state index in [-0.39, 0.29) is 23.6 Å². The van der Waals surface area contributed by atoms with E-state index < -0.39 is 5.97 Å². The van der Waals surface area contributed by atoms with Gasteiger partial charge in [-0.25, -0.2) is 4.79 Å². The highest BCUT2D eigenvalue weighted by Crippen LogP contribution is 2.45. The second kappa shape index (κ2) is 10.8. The van der Waals surface area contributed by atoms with Gasteiger partial charge in [0.2, 0.25) is 5.91 Å². The van der Waals surface area contributed by atoms with Gasteiger partial charge in [-0.05, 0) is 86.2 Å². The molecule has 2 aromatic carbocycles. The molecule has 1 fully saturated rings. The molecule has 5 rings (SSSR count). The predicted octanol–water partition coefficient (Wildman–Crippen LogP) is 5.33. The summed E-state index contributed by atoms with van der Waals surface area (Å²) < 4.78 is 7.52. The molecule has 0 saturated carbocycles. The van der Waals surface area contributed by atoms with E-state index in [1.807, 2.05) is 59.7 Å². The average molecular weight is 556 g/mol. The van der Waals surface area contributed by atoms with Crippen LogP contribution in [0, 0.1) is 13.8 Å². The first kappa shape index (κ1) is 26.9. The van der Waals surface area contributed by atoms with E-state index in [0.29, 0.717) is 16.5 Å². The van der Waals surface area contributed by atoms with Crippen LogP contribution in [0.25, 0.3) is 5.69 Å². The Bertz CT molecular complexity index is 1620. The number of carbonyl (C=O) groups is 2. The number of benzene rings is 2. The summed E-state index contributed by atoms with van der Waals surface area (Å²) in [6.45, 7) is 5.46. The van der Waals surface area contributed by atoms with Gasteiger partial charge in [-0.3, -0.25) is 9.78 Å². The Hall–Kier alpha value is -4.70. The zero-order valence-corrected chi connectivity index (χ0v) is 23.3. The summed E-state index contributed by atoms with van der Waals surface area (Å²) >= 11 is 5.89. The topological polar surface area (TPSA) is 109 Å². The van der Waals surface area contributed by atoms with Gasteiger partial charge in [0.15, 0.2) is 5.11 Å². The maximum absolute atomic E-state index is 11.9. The van der Waals surface area contributed by atoms with Crippen molar-refractivity contribution in [1.82, 2.24) is 14.9 Å². The Labute approximate surface area is 237 Å². The van der Waals surface area contributed by atoms with Crippen LogP contribution in [0.3, 0.4) is 0 Å². The minimum absolute atomic E-state index is 0.215. The average Bonchev–Trinajstić information content (AvgIpc) is 3.43. The zero-order chi connectivity index (χ0) is 28.6. The molecule has 40 heavy (non-hydrogen) atoms. The molecule has 204 valence electrons. The summed E-state index contributed by atoms with van der Waals surface area (Å²) in [5, 5.41) is 16.4. The number of aryl methyl sites for hydroxylation is 1. The molecular weight excluding hydrogens is 526 g/mol. The third-order valence-corrected chi connectivity index (χ3v) is 7.32. The van der Waals surface area contributed by atoms with Crippen LogP contribution < -0.4 is 20.3 Å². The molecular formula is C30H29N5O4S. The maximum Gasteiger partial charge on any atom is 0.335 e. The molecule has 0 unspecified atom stereocenters. The number of aromatic carboxylic acids is 1. The van der Waals surface area contributed by atoms with E-state index in [1.165, 1.54) is 6.92 Å². The Morgan fingerprint density at radius 1 is 1.05 bits per heavy atom. The van der Waals surface area contributed by atoms with E-state index in [0.717, 1.165) is 34.0 Å². The fourth-order valence-corrected chi connectivity index (χ4v) is 5.69. The number of ether oxygens (including phenoxy) is 1. The second-order valence-corrected chi connectivity index (χ2v) is 9.97. The van der Waals surface area contributed by atoms with E-state index >= 15 is 0 Å². The summed E-state index contributed by atoms with van der Waals surface area (Å²) in [6, 6.07) is 19.7. The number of nitrogens with zero attached hydrogens (tertiary/aromatic N) is 3. The van der Waals surface area contributed by atoms with Crippen LogP contribution in [0.2, 0.25) is 0 Å². The lowest BCUT2D eigenvalue weighted by Gasteiger charge is -2.29. The van der Waals surface area contributed by atoms with Gasteiger partial charge in [0.25, 0.3) is 0 Å². The minimum atomic E-state index is -0.981. The highest BCUT2D eigenvalue weighted by atomic mass is 32.1. The first-order valence-corrected chi connectivity index (χ1v) is 13.1. The summed E-state index contributed by atoms with van der Waals surface area (Å²) in [4.78, 5) is 30.2. The van der Waals surface area contributed by atoms with Crippen molar-refractivity contribution in [2.24, 2.45) is 0 Å². The molecule has 0 bridgehead atoms. The number of nitrogens with one attached hydrogen (secondary N) is 2. The normalized spacial score (nSPS) is 16.5. The Kier molecular flexibility index (Phi) is 7.27. The third-order valence-electron chi connectivity index (χ3n) is 7.01. The third kappa shape index (κ3) is 4.89. The van der Waals surface area contributed by atoms with Crippen LogP contribution >= 0.6 is 12.2 Å². The second-order valence-electron chi connectivity index (χ2n) is 9.58. The molecule has 0 spiro atoms. The van der Waals surface area contributed by atoms with Crippen LogP contribution in [0.15, 0.2) is 72.9 Å². The SMILES string of the molecule is COc1ccc(N2C(=S)N[C@H](c3ccccn3)[C@@H]2c2cc(C)n(-c3cccc(C(=O)O)c3)c2C)cc1NC(C)=O. The van der Waals surface area contributed by atoms with Gasteiger partial charge in [0, 0.05) is 35.9 Å². The van der Waals surface area contributed by atoms with Gasteiger partial charge in [-0.15, -0.1) is 0 Å². The summed E-state index contributed by atoms with van der Waals surface area (Å²) in [7, 11) is 1.55. The smallest absolute Gasteiger partial charge is 0.335 e. The number of carboxylic acid groups (broad SMARTS) is 1. The number of aromatic nitrogens is 2. The number of anilines is 2. The van der Waals surface area contributed by atoms with E-state index in [1.54, 1.807) is 37.6 Å². The number of hydrogen-bond donors (Lipinski definition) is 3. The number of rotatable bonds is 7. The molecule has 3 heterocycles. The Morgan fingerprint density at radius 3 is 2.52 bits per heavy atom. The molecule has 0 aliphatic carbocycles. The Morgan fingerprint density at radius 2 is 1.85 bits per heavy atom. The van der Waals surface area contributed by atoms with Crippen LogP contribution in [0.4, 0.5) is 11.4 Å². The van der Waals surface area contributed by atoms with Crippen molar-refractivity contribution in [3.05, 3.63) is 101 Å². The summed E-state index contributed by atoms with van der Waals surface area (Å²) in [5.74, 6) is -0.662. The molecule has 1 saturated heterocycles. The molecule has 4 aromatic rings. The molecule has 2 aromatic heterocycles.